The zero-order chi connectivity index (χ0) is 21.5. The van der Waals surface area contributed by atoms with Gasteiger partial charge < -0.3 is 15.0 Å². The van der Waals surface area contributed by atoms with E-state index in [0.717, 1.165) is 10.6 Å². The molecule has 11 heteroatoms. The van der Waals surface area contributed by atoms with E-state index < -0.39 is 22.8 Å². The number of thiazole rings is 1. The summed E-state index contributed by atoms with van der Waals surface area (Å²) in [6.07, 6.45) is -3.64. The summed E-state index contributed by atoms with van der Waals surface area (Å²) < 4.78 is 59.7. The average molecular weight is 442 g/mol. The third-order valence-electron chi connectivity index (χ3n) is 4.81. The Labute approximate surface area is 173 Å². The Morgan fingerprint density at radius 3 is 2.70 bits per heavy atom. The topological polar surface area (TPSA) is 58.9 Å². The third-order valence-corrected chi connectivity index (χ3v) is 5.84. The summed E-state index contributed by atoms with van der Waals surface area (Å²) >= 11 is 0.472. The van der Waals surface area contributed by atoms with Crippen molar-refractivity contribution >= 4 is 27.9 Å². The van der Waals surface area contributed by atoms with Crippen LogP contribution in [0.1, 0.15) is 26.6 Å². The zero-order valence-corrected chi connectivity index (χ0v) is 16.7. The molecule has 1 saturated heterocycles. The first-order valence-corrected chi connectivity index (χ1v) is 10.0. The first-order chi connectivity index (χ1) is 14.2. The van der Waals surface area contributed by atoms with Gasteiger partial charge >= 0.3 is 6.18 Å². The van der Waals surface area contributed by atoms with E-state index in [1.54, 1.807) is 19.1 Å². The van der Waals surface area contributed by atoms with Gasteiger partial charge in [-0.25, -0.2) is 9.37 Å². The molecule has 1 N–H and O–H groups in total. The number of nitrogens with one attached hydrogen (secondary N) is 1. The number of ether oxygens (including phenoxy) is 1. The van der Waals surface area contributed by atoms with Crippen LogP contribution < -0.4 is 10.2 Å². The van der Waals surface area contributed by atoms with E-state index in [-0.39, 0.29) is 17.2 Å². The molecule has 3 heterocycles. The molecule has 1 aliphatic heterocycles. The van der Waals surface area contributed by atoms with Crippen LogP contribution >= 0.6 is 11.3 Å². The number of aryl methyl sites for hydroxylation is 1. The van der Waals surface area contributed by atoms with E-state index in [1.807, 2.05) is 4.90 Å². The Morgan fingerprint density at radius 2 is 2.03 bits per heavy atom. The Kier molecular flexibility index (Phi) is 5.41. The van der Waals surface area contributed by atoms with Gasteiger partial charge in [0.15, 0.2) is 4.96 Å². The van der Waals surface area contributed by atoms with Crippen molar-refractivity contribution in [3.8, 4) is 0 Å². The Bertz CT molecular complexity index is 1090. The Balaban J connectivity index is 1.49. The minimum absolute atomic E-state index is 0.0298. The van der Waals surface area contributed by atoms with Gasteiger partial charge in [0.05, 0.1) is 24.6 Å². The molecule has 1 amide bonds. The van der Waals surface area contributed by atoms with Crippen LogP contribution in [0.4, 0.5) is 23.2 Å². The van der Waals surface area contributed by atoms with Gasteiger partial charge in [0.1, 0.15) is 16.4 Å². The number of carbonyl (C=O) groups is 1. The number of hydrogen-bond donors (Lipinski definition) is 1. The largest absolute Gasteiger partial charge is 0.427 e. The van der Waals surface area contributed by atoms with Gasteiger partial charge in [-0.15, -0.1) is 0 Å². The Hall–Kier alpha value is -2.66. The quantitative estimate of drug-likeness (QED) is 0.627. The van der Waals surface area contributed by atoms with E-state index in [2.05, 4.69) is 10.3 Å². The highest BCUT2D eigenvalue weighted by atomic mass is 32.1. The van der Waals surface area contributed by atoms with Crippen LogP contribution in [0.2, 0.25) is 0 Å². The maximum atomic E-state index is 14.5. The zero-order valence-electron chi connectivity index (χ0n) is 15.9. The number of carbonyl (C=O) groups excluding carboxylic acids is 1. The number of anilines is 1. The molecule has 0 aliphatic carbocycles. The lowest BCUT2D eigenvalue weighted by Crippen LogP contribution is -2.36. The second-order valence-corrected chi connectivity index (χ2v) is 7.87. The highest BCUT2D eigenvalue weighted by molar-refractivity contribution is 7.17. The molecule has 30 heavy (non-hydrogen) atoms. The number of rotatable bonds is 4. The minimum Gasteiger partial charge on any atom is -0.378 e. The van der Waals surface area contributed by atoms with Crippen molar-refractivity contribution in [1.82, 2.24) is 14.7 Å². The van der Waals surface area contributed by atoms with Crippen LogP contribution in [0, 0.1) is 12.7 Å². The van der Waals surface area contributed by atoms with Gasteiger partial charge in [-0.1, -0.05) is 17.4 Å². The second kappa shape index (κ2) is 7.88. The van der Waals surface area contributed by atoms with Gasteiger partial charge in [0.25, 0.3) is 5.91 Å². The highest BCUT2D eigenvalue weighted by Crippen LogP contribution is 2.35. The summed E-state index contributed by atoms with van der Waals surface area (Å²) in [5.74, 6) is -0.983. The van der Waals surface area contributed by atoms with Crippen LogP contribution in [0.25, 0.3) is 4.96 Å². The number of halogens is 4. The summed E-state index contributed by atoms with van der Waals surface area (Å²) in [6, 6.07) is 4.70. The summed E-state index contributed by atoms with van der Waals surface area (Å²) in [7, 11) is 0. The average Bonchev–Trinajstić information content (AvgIpc) is 3.23. The molecule has 0 spiro atoms. The van der Waals surface area contributed by atoms with Gasteiger partial charge in [-0.2, -0.15) is 13.2 Å². The SMILES string of the molecule is Cc1nc2sc(C(F)(F)F)cn2c1C(=O)NCc1ccc(N2CCOCC2)c(F)c1. The Morgan fingerprint density at radius 1 is 1.30 bits per heavy atom. The fraction of sp³-hybridized carbons (Fsp3) is 0.368. The van der Waals surface area contributed by atoms with Crippen molar-refractivity contribution in [2.75, 3.05) is 31.2 Å². The molecule has 0 bridgehead atoms. The van der Waals surface area contributed by atoms with Gasteiger partial charge in [-0.05, 0) is 24.6 Å². The molecule has 1 fully saturated rings. The highest BCUT2D eigenvalue weighted by Gasteiger charge is 2.34. The minimum atomic E-state index is -4.51. The molecule has 1 aliphatic rings. The van der Waals surface area contributed by atoms with E-state index in [0.29, 0.717) is 54.6 Å². The number of aromatic nitrogens is 2. The van der Waals surface area contributed by atoms with E-state index >= 15 is 0 Å². The molecular weight excluding hydrogens is 424 g/mol. The monoisotopic (exact) mass is 442 g/mol. The maximum Gasteiger partial charge on any atom is 0.427 e. The smallest absolute Gasteiger partial charge is 0.378 e. The van der Waals surface area contributed by atoms with Crippen molar-refractivity contribution < 1.29 is 27.1 Å². The molecule has 0 unspecified atom stereocenters. The maximum absolute atomic E-state index is 14.5. The molecule has 6 nitrogen and oxygen atoms in total. The number of fused-ring (bicyclic) bond motifs is 1. The van der Waals surface area contributed by atoms with Crippen molar-refractivity contribution in [3.05, 3.63) is 52.0 Å². The lowest BCUT2D eigenvalue weighted by atomic mass is 10.1. The number of imidazole rings is 1. The number of alkyl halides is 3. The number of amides is 1. The molecule has 3 aromatic rings. The summed E-state index contributed by atoms with van der Waals surface area (Å²) in [6.45, 7) is 3.86. The van der Waals surface area contributed by atoms with Gasteiger partial charge in [0.2, 0.25) is 0 Å². The molecule has 2 aromatic heterocycles. The summed E-state index contributed by atoms with van der Waals surface area (Å²) in [5, 5.41) is 2.63. The number of hydrogen-bond acceptors (Lipinski definition) is 5. The van der Waals surface area contributed by atoms with E-state index in [9.17, 15) is 22.4 Å². The van der Waals surface area contributed by atoms with Crippen molar-refractivity contribution in [2.24, 2.45) is 0 Å². The summed E-state index contributed by atoms with van der Waals surface area (Å²) in [5.41, 5.74) is 1.36. The predicted octanol–water partition coefficient (Wildman–Crippen LogP) is 3.63. The molecule has 160 valence electrons. The van der Waals surface area contributed by atoms with Crippen molar-refractivity contribution in [2.45, 2.75) is 19.6 Å². The molecule has 0 atom stereocenters. The van der Waals surface area contributed by atoms with Crippen LogP contribution in [0.15, 0.2) is 24.4 Å². The van der Waals surface area contributed by atoms with Gasteiger partial charge in [0, 0.05) is 25.8 Å². The summed E-state index contributed by atoms with van der Waals surface area (Å²) in [4.78, 5) is 17.8. The first-order valence-electron chi connectivity index (χ1n) is 9.19. The van der Waals surface area contributed by atoms with Crippen LogP contribution in [-0.2, 0) is 17.5 Å². The molecule has 1 aromatic carbocycles. The fourth-order valence-corrected chi connectivity index (χ4v) is 4.24. The number of nitrogens with zero attached hydrogens (tertiary/aromatic N) is 3. The lowest BCUT2D eigenvalue weighted by molar-refractivity contribution is -0.134. The second-order valence-electron chi connectivity index (χ2n) is 6.86. The predicted molar refractivity (Wildman–Crippen MR) is 103 cm³/mol. The van der Waals surface area contributed by atoms with E-state index in [1.165, 1.54) is 6.07 Å². The van der Waals surface area contributed by atoms with Crippen molar-refractivity contribution in [1.29, 1.82) is 0 Å². The molecule has 0 saturated carbocycles. The lowest BCUT2D eigenvalue weighted by Gasteiger charge is -2.29. The molecule has 4 rings (SSSR count). The fourth-order valence-electron chi connectivity index (χ4n) is 3.35. The van der Waals surface area contributed by atoms with Gasteiger partial charge in [-0.3, -0.25) is 9.20 Å². The molecule has 0 radical (unpaired) electrons. The van der Waals surface area contributed by atoms with Crippen LogP contribution in [0.5, 0.6) is 0 Å². The van der Waals surface area contributed by atoms with Crippen molar-refractivity contribution in [3.63, 3.8) is 0 Å². The first kappa shape index (κ1) is 20.6. The van der Waals surface area contributed by atoms with Crippen LogP contribution in [-0.4, -0.2) is 41.6 Å². The van der Waals surface area contributed by atoms with E-state index in [4.69, 9.17) is 4.74 Å². The third kappa shape index (κ3) is 3.99. The molecular formula is C19H18F4N4O2S. The standard InChI is InChI=1S/C19H18F4N4O2S/c1-11-16(27-10-15(19(21,22)23)30-18(27)25-11)17(28)24-9-12-2-3-14(13(20)8-12)26-4-6-29-7-5-26/h2-3,8,10H,4-7,9H2,1H3,(H,24,28). The normalized spacial score (nSPS) is 15.0. The number of morpholine rings is 1. The number of benzene rings is 1. The van der Waals surface area contributed by atoms with Crippen LogP contribution in [0.3, 0.4) is 0 Å².